The highest BCUT2D eigenvalue weighted by Crippen LogP contribution is 2.20. The third-order valence-corrected chi connectivity index (χ3v) is 2.90. The van der Waals surface area contributed by atoms with Crippen LogP contribution in [0.2, 0.25) is 0 Å². The predicted molar refractivity (Wildman–Crippen MR) is 53.7 cm³/mol. The number of hydrogen-bond donors (Lipinski definition) is 4. The zero-order valence-corrected chi connectivity index (χ0v) is 9.09. The van der Waals surface area contributed by atoms with Crippen LogP contribution in [0.15, 0.2) is 0 Å². The van der Waals surface area contributed by atoms with Gasteiger partial charge in [-0.25, -0.2) is 0 Å². The van der Waals surface area contributed by atoms with Crippen LogP contribution in [0.1, 0.15) is 27.2 Å². The van der Waals surface area contributed by atoms with Crippen molar-refractivity contribution in [2.75, 3.05) is 6.61 Å². The molecule has 0 saturated heterocycles. The normalized spacial score (nSPS) is 22.5. The highest BCUT2D eigenvalue weighted by molar-refractivity contribution is 4.79. The quantitative estimate of drug-likeness (QED) is 0.483. The summed E-state index contributed by atoms with van der Waals surface area (Å²) in [4.78, 5) is 0. The molecule has 0 aromatic rings. The topological polar surface area (TPSA) is 80.9 Å². The van der Waals surface area contributed by atoms with Crippen molar-refractivity contribution < 1.29 is 20.4 Å². The number of aliphatic hydroxyl groups excluding tert-OH is 4. The van der Waals surface area contributed by atoms with Gasteiger partial charge in [0.25, 0.3) is 0 Å². The molecule has 0 fully saturated rings. The average molecular weight is 206 g/mol. The summed E-state index contributed by atoms with van der Waals surface area (Å²) in [5.41, 5.74) is 0. The molecular formula is C10H22O4. The molecule has 0 saturated carbocycles. The standard InChI is InChI=1S/C10H22O4/c1-4-8(12)6(2)10(14)7(3)9(13)5-11/h6-14H,4-5H2,1-3H3. The van der Waals surface area contributed by atoms with Crippen LogP contribution in [0.4, 0.5) is 0 Å². The number of hydrogen-bond acceptors (Lipinski definition) is 4. The lowest BCUT2D eigenvalue weighted by molar-refractivity contribution is -0.0570. The monoisotopic (exact) mass is 206 g/mol. The Morgan fingerprint density at radius 1 is 0.929 bits per heavy atom. The van der Waals surface area contributed by atoms with E-state index in [1.54, 1.807) is 13.8 Å². The Balaban J connectivity index is 4.22. The van der Waals surface area contributed by atoms with Crippen molar-refractivity contribution in [2.45, 2.75) is 45.5 Å². The fourth-order valence-corrected chi connectivity index (χ4v) is 1.47. The van der Waals surface area contributed by atoms with Gasteiger partial charge < -0.3 is 20.4 Å². The van der Waals surface area contributed by atoms with Gasteiger partial charge in [-0.05, 0) is 6.42 Å². The average Bonchev–Trinajstić information content (AvgIpc) is 2.23. The highest BCUT2D eigenvalue weighted by atomic mass is 16.3. The largest absolute Gasteiger partial charge is 0.394 e. The Hall–Kier alpha value is -0.160. The Kier molecular flexibility index (Phi) is 6.27. The van der Waals surface area contributed by atoms with Crippen LogP contribution in [0.3, 0.4) is 0 Å². The van der Waals surface area contributed by atoms with Crippen LogP contribution >= 0.6 is 0 Å². The molecule has 0 spiro atoms. The van der Waals surface area contributed by atoms with E-state index in [9.17, 15) is 15.3 Å². The summed E-state index contributed by atoms with van der Waals surface area (Å²) in [5, 5.41) is 37.3. The lowest BCUT2D eigenvalue weighted by Crippen LogP contribution is -2.40. The van der Waals surface area contributed by atoms with Crippen LogP contribution in [-0.4, -0.2) is 45.3 Å². The zero-order chi connectivity index (χ0) is 11.3. The molecule has 0 bridgehead atoms. The summed E-state index contributed by atoms with van der Waals surface area (Å²) in [6.45, 7) is 4.86. The predicted octanol–water partition coefficient (Wildman–Crippen LogP) is -0.256. The van der Waals surface area contributed by atoms with Gasteiger partial charge in [-0.15, -0.1) is 0 Å². The van der Waals surface area contributed by atoms with E-state index in [0.717, 1.165) is 0 Å². The first kappa shape index (κ1) is 13.8. The molecule has 0 heterocycles. The lowest BCUT2D eigenvalue weighted by atomic mass is 9.85. The van der Waals surface area contributed by atoms with Crippen molar-refractivity contribution in [3.63, 3.8) is 0 Å². The SMILES string of the molecule is CCC(O)C(C)C(O)C(C)C(O)CO. The van der Waals surface area contributed by atoms with Gasteiger partial charge >= 0.3 is 0 Å². The minimum Gasteiger partial charge on any atom is -0.394 e. The molecule has 4 heteroatoms. The fraction of sp³-hybridized carbons (Fsp3) is 1.00. The van der Waals surface area contributed by atoms with Crippen LogP contribution in [0, 0.1) is 11.8 Å². The minimum atomic E-state index is -0.934. The van der Waals surface area contributed by atoms with E-state index in [1.165, 1.54) is 0 Å². The van der Waals surface area contributed by atoms with Gasteiger partial charge in [0, 0.05) is 11.8 Å². The maximum absolute atomic E-state index is 9.76. The van der Waals surface area contributed by atoms with Crippen molar-refractivity contribution in [2.24, 2.45) is 11.8 Å². The van der Waals surface area contributed by atoms with Crippen LogP contribution in [-0.2, 0) is 0 Å². The molecule has 0 aliphatic carbocycles. The Bertz CT molecular complexity index is 135. The van der Waals surface area contributed by atoms with E-state index >= 15 is 0 Å². The van der Waals surface area contributed by atoms with Crippen LogP contribution in [0.5, 0.6) is 0 Å². The number of rotatable bonds is 6. The van der Waals surface area contributed by atoms with Gasteiger partial charge in [-0.2, -0.15) is 0 Å². The van der Waals surface area contributed by atoms with Crippen LogP contribution in [0.25, 0.3) is 0 Å². The summed E-state index contributed by atoms with van der Waals surface area (Å²) in [6, 6.07) is 0. The molecule has 4 N–H and O–H groups in total. The molecule has 14 heavy (non-hydrogen) atoms. The fourth-order valence-electron chi connectivity index (χ4n) is 1.47. The van der Waals surface area contributed by atoms with Gasteiger partial charge in [0.15, 0.2) is 0 Å². The Labute approximate surface area is 85.2 Å². The minimum absolute atomic E-state index is 0.295. The van der Waals surface area contributed by atoms with E-state index in [-0.39, 0.29) is 12.5 Å². The van der Waals surface area contributed by atoms with E-state index < -0.39 is 24.2 Å². The highest BCUT2D eigenvalue weighted by Gasteiger charge is 2.29. The first-order valence-electron chi connectivity index (χ1n) is 5.10. The third-order valence-electron chi connectivity index (χ3n) is 2.90. The van der Waals surface area contributed by atoms with E-state index in [1.807, 2.05) is 6.92 Å². The molecular weight excluding hydrogens is 184 g/mol. The van der Waals surface area contributed by atoms with Crippen LogP contribution < -0.4 is 0 Å². The summed E-state index contributed by atoms with van der Waals surface area (Å²) < 4.78 is 0. The molecule has 5 unspecified atom stereocenters. The molecule has 86 valence electrons. The van der Waals surface area contributed by atoms with Gasteiger partial charge in [-0.1, -0.05) is 20.8 Å². The van der Waals surface area contributed by atoms with E-state index in [2.05, 4.69) is 0 Å². The Morgan fingerprint density at radius 2 is 1.36 bits per heavy atom. The van der Waals surface area contributed by atoms with Crippen molar-refractivity contribution in [3.8, 4) is 0 Å². The molecule has 0 aromatic carbocycles. The molecule has 0 aromatic heterocycles. The Morgan fingerprint density at radius 3 is 1.71 bits per heavy atom. The van der Waals surface area contributed by atoms with Gasteiger partial charge in [0.2, 0.25) is 0 Å². The van der Waals surface area contributed by atoms with Crippen molar-refractivity contribution in [1.82, 2.24) is 0 Å². The van der Waals surface area contributed by atoms with Crippen molar-refractivity contribution in [3.05, 3.63) is 0 Å². The molecule has 5 atom stereocenters. The molecule has 4 nitrogen and oxygen atoms in total. The summed E-state index contributed by atoms with van der Waals surface area (Å²) in [5.74, 6) is -0.729. The first-order valence-corrected chi connectivity index (χ1v) is 5.10. The van der Waals surface area contributed by atoms with Gasteiger partial charge in [0.05, 0.1) is 24.9 Å². The van der Waals surface area contributed by atoms with Crippen molar-refractivity contribution in [1.29, 1.82) is 0 Å². The second kappa shape index (κ2) is 6.35. The molecule has 0 aliphatic heterocycles. The maximum Gasteiger partial charge on any atom is 0.0821 e. The lowest BCUT2D eigenvalue weighted by Gasteiger charge is -2.30. The number of aliphatic hydroxyl groups is 4. The molecule has 0 aliphatic rings. The van der Waals surface area contributed by atoms with E-state index in [4.69, 9.17) is 5.11 Å². The third kappa shape index (κ3) is 3.53. The molecule has 0 amide bonds. The molecule has 0 rings (SSSR count). The molecule has 0 radical (unpaired) electrons. The van der Waals surface area contributed by atoms with Gasteiger partial charge in [-0.3, -0.25) is 0 Å². The second-order valence-electron chi connectivity index (χ2n) is 3.93. The summed E-state index contributed by atoms with van der Waals surface area (Å²) >= 11 is 0. The van der Waals surface area contributed by atoms with Crippen molar-refractivity contribution >= 4 is 0 Å². The van der Waals surface area contributed by atoms with E-state index in [0.29, 0.717) is 6.42 Å². The summed E-state index contributed by atoms with van der Waals surface area (Å²) in [7, 11) is 0. The first-order chi connectivity index (χ1) is 6.45. The smallest absolute Gasteiger partial charge is 0.0821 e. The second-order valence-corrected chi connectivity index (χ2v) is 3.93. The maximum atomic E-state index is 9.76. The zero-order valence-electron chi connectivity index (χ0n) is 9.09. The van der Waals surface area contributed by atoms with Gasteiger partial charge in [0.1, 0.15) is 0 Å². The summed E-state index contributed by atoms with van der Waals surface area (Å²) in [6.07, 6.45) is -1.73.